The molecule has 0 radical (unpaired) electrons. The first-order valence-corrected chi connectivity index (χ1v) is 6.46. The third-order valence-electron chi connectivity index (χ3n) is 2.45. The van der Waals surface area contributed by atoms with Crippen molar-refractivity contribution >= 4 is 46.4 Å². The van der Waals surface area contributed by atoms with E-state index >= 15 is 0 Å². The minimum atomic E-state index is -0.779. The summed E-state index contributed by atoms with van der Waals surface area (Å²) in [6, 6.07) is 6.18. The number of rotatable bonds is 2. The number of benzene rings is 2. The smallest absolute Gasteiger partial charge is 0.258 e. The van der Waals surface area contributed by atoms with Crippen molar-refractivity contribution < 1.29 is 14.3 Å². The van der Waals surface area contributed by atoms with Gasteiger partial charge in [-0.3, -0.25) is 4.79 Å². The Labute approximate surface area is 128 Å². The van der Waals surface area contributed by atoms with Gasteiger partial charge in [-0.05, 0) is 30.3 Å². The molecule has 2 aromatic carbocycles. The number of halogens is 4. The van der Waals surface area contributed by atoms with Gasteiger partial charge in [0, 0.05) is 10.0 Å². The first-order chi connectivity index (χ1) is 9.38. The van der Waals surface area contributed by atoms with E-state index in [0.717, 1.165) is 6.07 Å². The number of anilines is 1. The van der Waals surface area contributed by atoms with Crippen molar-refractivity contribution in [1.29, 1.82) is 0 Å². The summed E-state index contributed by atoms with van der Waals surface area (Å²) in [6.45, 7) is 0. The Hall–Kier alpha value is -1.49. The van der Waals surface area contributed by atoms with E-state index < -0.39 is 11.7 Å². The zero-order chi connectivity index (χ0) is 14.9. The van der Waals surface area contributed by atoms with Gasteiger partial charge in [0.15, 0.2) is 5.75 Å². The fourth-order valence-electron chi connectivity index (χ4n) is 1.52. The van der Waals surface area contributed by atoms with Crippen LogP contribution in [0.3, 0.4) is 0 Å². The van der Waals surface area contributed by atoms with E-state index in [4.69, 9.17) is 34.8 Å². The monoisotopic (exact) mass is 333 g/mol. The molecule has 0 spiro atoms. The Morgan fingerprint density at radius 1 is 1.10 bits per heavy atom. The Morgan fingerprint density at radius 2 is 1.80 bits per heavy atom. The second-order valence-corrected chi connectivity index (χ2v) is 5.14. The second-order valence-electron chi connectivity index (χ2n) is 3.86. The van der Waals surface area contributed by atoms with Crippen LogP contribution in [0, 0.1) is 5.82 Å². The maximum atomic E-state index is 13.5. The maximum absolute atomic E-state index is 13.5. The third-order valence-corrected chi connectivity index (χ3v) is 3.19. The normalized spacial score (nSPS) is 10.4. The molecule has 20 heavy (non-hydrogen) atoms. The molecular formula is C13H7Cl3FNO2. The Bertz CT molecular complexity index is 692. The number of hydrogen-bond donors (Lipinski definition) is 2. The van der Waals surface area contributed by atoms with E-state index in [9.17, 15) is 14.3 Å². The number of amides is 1. The van der Waals surface area contributed by atoms with Gasteiger partial charge in [-0.15, -0.1) is 0 Å². The summed E-state index contributed by atoms with van der Waals surface area (Å²) in [4.78, 5) is 12.0. The van der Waals surface area contributed by atoms with Crippen LogP contribution in [0.25, 0.3) is 0 Å². The van der Waals surface area contributed by atoms with Crippen molar-refractivity contribution in [1.82, 2.24) is 0 Å². The Morgan fingerprint density at radius 3 is 2.50 bits per heavy atom. The molecule has 0 aromatic heterocycles. The first kappa shape index (κ1) is 14.9. The zero-order valence-corrected chi connectivity index (χ0v) is 12.0. The number of nitrogens with one attached hydrogen (secondary N) is 1. The van der Waals surface area contributed by atoms with Gasteiger partial charge in [0.25, 0.3) is 5.91 Å². The largest absolute Gasteiger partial charge is 0.504 e. The van der Waals surface area contributed by atoms with Crippen LogP contribution in [0.2, 0.25) is 15.1 Å². The summed E-state index contributed by atoms with van der Waals surface area (Å²) in [5.41, 5.74) is -0.278. The van der Waals surface area contributed by atoms with Crippen LogP contribution in [-0.4, -0.2) is 11.0 Å². The lowest BCUT2D eigenvalue weighted by Crippen LogP contribution is -2.14. The Balaban J connectivity index is 2.35. The zero-order valence-electron chi connectivity index (χ0n) is 9.75. The van der Waals surface area contributed by atoms with Gasteiger partial charge in [-0.2, -0.15) is 0 Å². The number of hydrogen-bond acceptors (Lipinski definition) is 2. The van der Waals surface area contributed by atoms with Crippen molar-refractivity contribution in [2.45, 2.75) is 0 Å². The molecule has 0 saturated heterocycles. The van der Waals surface area contributed by atoms with Crippen LogP contribution >= 0.6 is 34.8 Å². The molecule has 2 aromatic rings. The van der Waals surface area contributed by atoms with E-state index in [-0.39, 0.29) is 32.1 Å². The summed E-state index contributed by atoms with van der Waals surface area (Å²) in [6.07, 6.45) is 0. The number of carbonyl (C=O) groups excluding carboxylic acids is 1. The second kappa shape index (κ2) is 5.87. The molecule has 7 heteroatoms. The highest BCUT2D eigenvalue weighted by Crippen LogP contribution is 2.35. The average Bonchev–Trinajstić information content (AvgIpc) is 2.38. The van der Waals surface area contributed by atoms with Crippen LogP contribution in [0.4, 0.5) is 10.1 Å². The molecule has 3 nitrogen and oxygen atoms in total. The highest BCUT2D eigenvalue weighted by molar-refractivity contribution is 6.36. The van der Waals surface area contributed by atoms with Crippen molar-refractivity contribution in [2.75, 3.05) is 5.32 Å². The predicted molar refractivity (Wildman–Crippen MR) is 77.5 cm³/mol. The molecular weight excluding hydrogens is 328 g/mol. The third kappa shape index (κ3) is 3.15. The van der Waals surface area contributed by atoms with E-state index in [1.54, 1.807) is 0 Å². The first-order valence-electron chi connectivity index (χ1n) is 5.33. The van der Waals surface area contributed by atoms with Crippen LogP contribution in [0.5, 0.6) is 5.75 Å². The van der Waals surface area contributed by atoms with Gasteiger partial charge in [0.2, 0.25) is 0 Å². The lowest BCUT2D eigenvalue weighted by molar-refractivity contribution is 0.102. The molecule has 0 heterocycles. The molecule has 0 fully saturated rings. The van der Waals surface area contributed by atoms with E-state index in [2.05, 4.69) is 5.32 Å². The molecule has 0 unspecified atom stereocenters. The minimum Gasteiger partial charge on any atom is -0.504 e. The highest BCUT2D eigenvalue weighted by Gasteiger charge is 2.16. The summed E-state index contributed by atoms with van der Waals surface area (Å²) in [7, 11) is 0. The molecule has 104 valence electrons. The summed E-state index contributed by atoms with van der Waals surface area (Å²) >= 11 is 17.2. The fourth-order valence-corrected chi connectivity index (χ4v) is 2.19. The Kier molecular flexibility index (Phi) is 4.38. The van der Waals surface area contributed by atoms with Gasteiger partial charge < -0.3 is 10.4 Å². The molecule has 2 N–H and O–H groups in total. The predicted octanol–water partition coefficient (Wildman–Crippen LogP) is 4.74. The molecule has 0 atom stereocenters. The van der Waals surface area contributed by atoms with Crippen molar-refractivity contribution in [3.05, 3.63) is 56.8 Å². The lowest BCUT2D eigenvalue weighted by Gasteiger charge is -2.10. The van der Waals surface area contributed by atoms with Crippen LogP contribution in [0.15, 0.2) is 30.3 Å². The van der Waals surface area contributed by atoms with Gasteiger partial charge >= 0.3 is 0 Å². The lowest BCUT2D eigenvalue weighted by atomic mass is 10.2. The average molecular weight is 335 g/mol. The van der Waals surface area contributed by atoms with Crippen LogP contribution < -0.4 is 5.32 Å². The van der Waals surface area contributed by atoms with Gasteiger partial charge in [0.05, 0.1) is 16.3 Å². The summed E-state index contributed by atoms with van der Waals surface area (Å²) in [5, 5.41) is 12.4. The quantitative estimate of drug-likeness (QED) is 0.779. The molecule has 1 amide bonds. The SMILES string of the molecule is O=C(Nc1cc(Cl)cc(Cl)c1O)c1cc(Cl)ccc1F. The van der Waals surface area contributed by atoms with Crippen molar-refractivity contribution in [3.63, 3.8) is 0 Å². The topological polar surface area (TPSA) is 49.3 Å². The fraction of sp³-hybridized carbons (Fsp3) is 0. The summed E-state index contributed by atoms with van der Waals surface area (Å²) in [5.74, 6) is -1.87. The van der Waals surface area contributed by atoms with E-state index in [0.29, 0.717) is 0 Å². The molecule has 0 aliphatic rings. The van der Waals surface area contributed by atoms with Crippen LogP contribution in [-0.2, 0) is 0 Å². The highest BCUT2D eigenvalue weighted by atomic mass is 35.5. The molecule has 0 bridgehead atoms. The van der Waals surface area contributed by atoms with Crippen molar-refractivity contribution in [3.8, 4) is 5.75 Å². The maximum Gasteiger partial charge on any atom is 0.258 e. The van der Waals surface area contributed by atoms with Crippen LogP contribution in [0.1, 0.15) is 10.4 Å². The number of phenols is 1. The van der Waals surface area contributed by atoms with Gasteiger partial charge in [-0.25, -0.2) is 4.39 Å². The summed E-state index contributed by atoms with van der Waals surface area (Å²) < 4.78 is 13.5. The standard InChI is InChI=1S/C13H7Cl3FNO2/c14-6-1-2-10(17)8(3-6)13(20)18-11-5-7(15)4-9(16)12(11)19/h1-5,19H,(H,18,20). The number of phenolic OH excluding ortho intramolecular Hbond substituents is 1. The van der Waals surface area contributed by atoms with Crippen molar-refractivity contribution in [2.24, 2.45) is 0 Å². The molecule has 0 saturated carbocycles. The van der Waals surface area contributed by atoms with Gasteiger partial charge in [0.1, 0.15) is 5.82 Å². The number of aromatic hydroxyl groups is 1. The minimum absolute atomic E-state index is 0.0214. The van der Waals surface area contributed by atoms with Gasteiger partial charge in [-0.1, -0.05) is 34.8 Å². The molecule has 0 aliphatic heterocycles. The number of carbonyl (C=O) groups is 1. The van der Waals surface area contributed by atoms with E-state index in [1.165, 1.54) is 24.3 Å². The molecule has 0 aliphatic carbocycles. The molecule has 2 rings (SSSR count). The van der Waals surface area contributed by atoms with E-state index in [1.807, 2.05) is 0 Å².